The Bertz CT molecular complexity index is 997. The molecule has 2 saturated heterocycles. The van der Waals surface area contributed by atoms with Gasteiger partial charge in [-0.25, -0.2) is 0 Å². The van der Waals surface area contributed by atoms with Crippen LogP contribution >= 0.6 is 0 Å². The minimum atomic E-state index is -0.880. The Morgan fingerprint density at radius 1 is 1.14 bits per heavy atom. The standard InChI is InChI=1S/C24H27N3O2/c1-15-11-16(2)13-17(12-15)25-22(28)20-14-18-7-6-10-27(18)24(20)19-8-4-5-9-21(19)26(3)23(24)29/h4-5,8-9,11-13,18,20H,6-7,10,14H2,1-3H3,(H,25,28). The Kier molecular flexibility index (Phi) is 4.07. The first-order valence-electron chi connectivity index (χ1n) is 10.5. The molecule has 2 fully saturated rings. The van der Waals surface area contributed by atoms with E-state index >= 15 is 0 Å². The largest absolute Gasteiger partial charge is 0.326 e. The molecule has 3 unspecified atom stereocenters. The Labute approximate surface area is 171 Å². The number of para-hydroxylation sites is 1. The van der Waals surface area contributed by atoms with Gasteiger partial charge in [-0.1, -0.05) is 24.3 Å². The highest BCUT2D eigenvalue weighted by atomic mass is 16.2. The molecule has 2 amide bonds. The maximum atomic E-state index is 13.7. The fourth-order valence-corrected chi connectivity index (χ4v) is 5.94. The third-order valence-electron chi connectivity index (χ3n) is 6.95. The molecule has 1 spiro atoms. The number of rotatable bonds is 2. The highest BCUT2D eigenvalue weighted by Gasteiger charge is 2.66. The van der Waals surface area contributed by atoms with Crippen LogP contribution in [0.25, 0.3) is 0 Å². The van der Waals surface area contributed by atoms with Crippen LogP contribution < -0.4 is 10.2 Å². The number of anilines is 2. The van der Waals surface area contributed by atoms with Crippen LogP contribution in [0.3, 0.4) is 0 Å². The number of aryl methyl sites for hydroxylation is 2. The maximum absolute atomic E-state index is 13.7. The third-order valence-corrected chi connectivity index (χ3v) is 6.95. The molecule has 2 aromatic rings. The van der Waals surface area contributed by atoms with E-state index < -0.39 is 11.5 Å². The lowest BCUT2D eigenvalue weighted by atomic mass is 9.78. The monoisotopic (exact) mass is 389 g/mol. The number of amides is 2. The Morgan fingerprint density at radius 3 is 2.62 bits per heavy atom. The van der Waals surface area contributed by atoms with Crippen LogP contribution in [-0.2, 0) is 15.1 Å². The van der Waals surface area contributed by atoms with Gasteiger partial charge in [-0.05, 0) is 69.0 Å². The molecule has 150 valence electrons. The molecule has 3 aliphatic rings. The van der Waals surface area contributed by atoms with Gasteiger partial charge in [-0.15, -0.1) is 0 Å². The van der Waals surface area contributed by atoms with Gasteiger partial charge >= 0.3 is 0 Å². The summed E-state index contributed by atoms with van der Waals surface area (Å²) in [5.41, 5.74) is 4.07. The fraction of sp³-hybridized carbons (Fsp3) is 0.417. The third kappa shape index (κ3) is 2.50. The van der Waals surface area contributed by atoms with Crippen molar-refractivity contribution in [2.45, 2.75) is 44.7 Å². The number of benzene rings is 2. The van der Waals surface area contributed by atoms with E-state index in [0.29, 0.717) is 0 Å². The van der Waals surface area contributed by atoms with Gasteiger partial charge in [0, 0.05) is 30.0 Å². The maximum Gasteiger partial charge on any atom is 0.252 e. The molecule has 0 aliphatic carbocycles. The quantitative estimate of drug-likeness (QED) is 0.854. The number of likely N-dealkylation sites (N-methyl/N-ethyl adjacent to an activating group) is 1. The molecule has 3 heterocycles. The van der Waals surface area contributed by atoms with Crippen molar-refractivity contribution in [3.05, 3.63) is 59.2 Å². The molecule has 2 aromatic carbocycles. The van der Waals surface area contributed by atoms with Crippen LogP contribution in [0.4, 0.5) is 11.4 Å². The lowest BCUT2D eigenvalue weighted by Crippen LogP contribution is -2.55. The van der Waals surface area contributed by atoms with Gasteiger partial charge in [0.05, 0.1) is 5.92 Å². The zero-order valence-electron chi connectivity index (χ0n) is 17.2. The molecule has 0 saturated carbocycles. The number of hydrogen-bond acceptors (Lipinski definition) is 3. The molecule has 29 heavy (non-hydrogen) atoms. The van der Waals surface area contributed by atoms with Crippen LogP contribution in [0.15, 0.2) is 42.5 Å². The van der Waals surface area contributed by atoms with Crippen molar-refractivity contribution in [3.8, 4) is 0 Å². The minimum Gasteiger partial charge on any atom is -0.326 e. The molecule has 5 rings (SSSR count). The summed E-state index contributed by atoms with van der Waals surface area (Å²) < 4.78 is 0. The molecule has 0 bridgehead atoms. The zero-order valence-corrected chi connectivity index (χ0v) is 17.2. The number of fused-ring (bicyclic) bond motifs is 4. The van der Waals surface area contributed by atoms with Crippen molar-refractivity contribution >= 4 is 23.2 Å². The molecule has 3 atom stereocenters. The number of carbonyl (C=O) groups excluding carboxylic acids is 2. The first-order valence-corrected chi connectivity index (χ1v) is 10.5. The topological polar surface area (TPSA) is 52.7 Å². The average Bonchev–Trinajstić information content (AvgIpc) is 3.31. The summed E-state index contributed by atoms with van der Waals surface area (Å²) in [4.78, 5) is 31.4. The normalized spacial score (nSPS) is 28.1. The molecule has 1 N–H and O–H groups in total. The number of hydrogen-bond donors (Lipinski definition) is 1. The van der Waals surface area contributed by atoms with Gasteiger partial charge in [-0.2, -0.15) is 0 Å². The smallest absolute Gasteiger partial charge is 0.252 e. The lowest BCUT2D eigenvalue weighted by Gasteiger charge is -2.37. The lowest BCUT2D eigenvalue weighted by molar-refractivity contribution is -0.136. The first-order chi connectivity index (χ1) is 13.9. The van der Waals surface area contributed by atoms with Crippen LogP contribution in [0.2, 0.25) is 0 Å². The molecular weight excluding hydrogens is 362 g/mol. The highest BCUT2D eigenvalue weighted by Crippen LogP contribution is 2.56. The van der Waals surface area contributed by atoms with Crippen molar-refractivity contribution in [1.29, 1.82) is 0 Å². The predicted octanol–water partition coefficient (Wildman–Crippen LogP) is 3.60. The van der Waals surface area contributed by atoms with E-state index in [0.717, 1.165) is 53.9 Å². The molecule has 5 heteroatoms. The summed E-state index contributed by atoms with van der Waals surface area (Å²) in [6, 6.07) is 14.3. The van der Waals surface area contributed by atoms with E-state index in [4.69, 9.17) is 0 Å². The SMILES string of the molecule is Cc1cc(C)cc(NC(=O)C2CC3CCCN3C23C(=O)N(C)c2ccccc23)c1. The van der Waals surface area contributed by atoms with Crippen LogP contribution in [0.5, 0.6) is 0 Å². The van der Waals surface area contributed by atoms with Crippen LogP contribution in [0, 0.1) is 19.8 Å². The van der Waals surface area contributed by atoms with Crippen molar-refractivity contribution in [3.63, 3.8) is 0 Å². The predicted molar refractivity (Wildman–Crippen MR) is 114 cm³/mol. The first kappa shape index (κ1) is 18.4. The van der Waals surface area contributed by atoms with E-state index in [1.807, 2.05) is 57.3 Å². The van der Waals surface area contributed by atoms with Crippen molar-refractivity contribution in [2.24, 2.45) is 5.92 Å². The number of nitrogens with one attached hydrogen (secondary N) is 1. The van der Waals surface area contributed by atoms with Crippen LogP contribution in [-0.4, -0.2) is 36.3 Å². The van der Waals surface area contributed by atoms with Gasteiger partial charge in [0.2, 0.25) is 5.91 Å². The summed E-state index contributed by atoms with van der Waals surface area (Å²) >= 11 is 0. The second-order valence-electron chi connectivity index (χ2n) is 8.79. The summed E-state index contributed by atoms with van der Waals surface area (Å²) in [6.45, 7) is 4.93. The van der Waals surface area contributed by atoms with Gasteiger partial charge in [-0.3, -0.25) is 14.5 Å². The molecule has 5 nitrogen and oxygen atoms in total. The second kappa shape index (κ2) is 6.42. The fourth-order valence-electron chi connectivity index (χ4n) is 5.94. The molecular formula is C24H27N3O2. The van der Waals surface area contributed by atoms with E-state index in [1.165, 1.54) is 0 Å². The minimum absolute atomic E-state index is 0.0312. The van der Waals surface area contributed by atoms with Gasteiger partial charge in [0.15, 0.2) is 0 Å². The zero-order chi connectivity index (χ0) is 20.3. The Morgan fingerprint density at radius 2 is 1.86 bits per heavy atom. The summed E-state index contributed by atoms with van der Waals surface area (Å²) in [5, 5.41) is 3.14. The molecule has 3 aliphatic heterocycles. The van der Waals surface area contributed by atoms with Crippen LogP contribution in [0.1, 0.15) is 36.0 Å². The van der Waals surface area contributed by atoms with Gasteiger partial charge in [0.25, 0.3) is 5.91 Å². The van der Waals surface area contributed by atoms with Gasteiger partial charge in [0.1, 0.15) is 5.54 Å². The number of nitrogens with zero attached hydrogens (tertiary/aromatic N) is 2. The van der Waals surface area contributed by atoms with Gasteiger partial charge < -0.3 is 10.2 Å². The summed E-state index contributed by atoms with van der Waals surface area (Å²) in [5.74, 6) is -0.418. The van der Waals surface area contributed by atoms with Crippen molar-refractivity contribution < 1.29 is 9.59 Å². The molecule has 0 radical (unpaired) electrons. The summed E-state index contributed by atoms with van der Waals surface area (Å²) in [7, 11) is 1.83. The number of carbonyl (C=O) groups is 2. The average molecular weight is 389 g/mol. The summed E-state index contributed by atoms with van der Waals surface area (Å²) in [6.07, 6.45) is 2.86. The molecule has 0 aromatic heterocycles. The van der Waals surface area contributed by atoms with Crippen molar-refractivity contribution in [1.82, 2.24) is 4.90 Å². The second-order valence-corrected chi connectivity index (χ2v) is 8.79. The Balaban J connectivity index is 1.59. The van der Waals surface area contributed by atoms with E-state index in [-0.39, 0.29) is 17.9 Å². The Hall–Kier alpha value is -2.66. The van der Waals surface area contributed by atoms with Crippen molar-refractivity contribution in [2.75, 3.05) is 23.8 Å². The van der Waals surface area contributed by atoms with E-state index in [2.05, 4.69) is 16.3 Å². The van der Waals surface area contributed by atoms with E-state index in [1.54, 1.807) is 4.90 Å². The van der Waals surface area contributed by atoms with E-state index in [9.17, 15) is 9.59 Å². The highest BCUT2D eigenvalue weighted by molar-refractivity contribution is 6.11.